The second kappa shape index (κ2) is 5.83. The topological polar surface area (TPSA) is 82.0 Å². The summed E-state index contributed by atoms with van der Waals surface area (Å²) in [7, 11) is 0. The van der Waals surface area contributed by atoms with Gasteiger partial charge in [0.25, 0.3) is 0 Å². The fourth-order valence-electron chi connectivity index (χ4n) is 2.05. The Morgan fingerprint density at radius 1 is 1.26 bits per heavy atom. The average molecular weight is 271 g/mol. The van der Waals surface area contributed by atoms with Crippen LogP contribution in [-0.2, 0) is 6.42 Å². The summed E-state index contributed by atoms with van der Waals surface area (Å²) < 4.78 is 18.7. The van der Waals surface area contributed by atoms with Gasteiger partial charge in [-0.1, -0.05) is 0 Å². The molecule has 0 saturated carbocycles. The summed E-state index contributed by atoms with van der Waals surface area (Å²) in [5.41, 5.74) is -0.321. The second-order valence-electron chi connectivity index (χ2n) is 4.83. The summed E-state index contributed by atoms with van der Waals surface area (Å²) in [5, 5.41) is 30.5. The first-order valence-electron chi connectivity index (χ1n) is 6.15. The Morgan fingerprint density at radius 2 is 1.95 bits per heavy atom. The Balaban J connectivity index is 1.93. The molecule has 1 aliphatic heterocycles. The molecule has 0 saturated heterocycles. The number of nitrogens with one attached hydrogen (secondary N) is 1. The van der Waals surface area contributed by atoms with E-state index in [9.17, 15) is 19.7 Å². The predicted molar refractivity (Wildman–Crippen MR) is 66.5 cm³/mol. The van der Waals surface area contributed by atoms with Crippen LogP contribution in [0.4, 0.5) is 4.39 Å². The van der Waals surface area contributed by atoms with Crippen LogP contribution in [0.15, 0.2) is 18.2 Å². The standard InChI is InChI=1S/C13H18FNO4/c14-10-1-2-12-9(3-10)4-11(19-12)5-15-13(6-16,7-17)8-18/h1-3,11,15-18H,4-8H2. The molecule has 6 heteroatoms. The minimum Gasteiger partial charge on any atom is -0.488 e. The van der Waals surface area contributed by atoms with Gasteiger partial charge in [0.05, 0.1) is 25.4 Å². The van der Waals surface area contributed by atoms with Crippen LogP contribution in [0, 0.1) is 5.82 Å². The molecule has 106 valence electrons. The number of hydrogen-bond acceptors (Lipinski definition) is 5. The summed E-state index contributed by atoms with van der Waals surface area (Å²) in [6.07, 6.45) is 0.346. The van der Waals surface area contributed by atoms with Crippen molar-refractivity contribution in [1.29, 1.82) is 0 Å². The van der Waals surface area contributed by atoms with Gasteiger partial charge in [0, 0.05) is 18.5 Å². The van der Waals surface area contributed by atoms with Gasteiger partial charge in [0.2, 0.25) is 0 Å². The molecule has 0 spiro atoms. The van der Waals surface area contributed by atoms with Gasteiger partial charge in [-0.2, -0.15) is 0 Å². The Bertz CT molecular complexity index is 428. The summed E-state index contributed by atoms with van der Waals surface area (Å²) in [4.78, 5) is 0. The van der Waals surface area contributed by atoms with E-state index in [-0.39, 0.29) is 31.7 Å². The van der Waals surface area contributed by atoms with E-state index in [4.69, 9.17) is 4.74 Å². The first kappa shape index (κ1) is 14.2. The molecule has 1 aromatic rings. The summed E-state index contributed by atoms with van der Waals surface area (Å²) in [5.74, 6) is 0.349. The molecule has 0 aliphatic carbocycles. The van der Waals surface area contributed by atoms with Crippen LogP contribution in [0.1, 0.15) is 5.56 Å². The lowest BCUT2D eigenvalue weighted by molar-refractivity contribution is 0.0361. The van der Waals surface area contributed by atoms with Gasteiger partial charge in [-0.25, -0.2) is 4.39 Å². The number of ether oxygens (including phenoxy) is 1. The van der Waals surface area contributed by atoms with Gasteiger partial charge >= 0.3 is 0 Å². The molecule has 1 aromatic carbocycles. The molecule has 1 aliphatic rings. The summed E-state index contributed by atoms with van der Waals surface area (Å²) in [6, 6.07) is 4.36. The largest absolute Gasteiger partial charge is 0.488 e. The normalized spacial score (nSPS) is 18.2. The lowest BCUT2D eigenvalue weighted by Gasteiger charge is -2.30. The zero-order valence-corrected chi connectivity index (χ0v) is 10.5. The molecule has 0 amide bonds. The molecule has 0 radical (unpaired) electrons. The third-order valence-electron chi connectivity index (χ3n) is 3.38. The van der Waals surface area contributed by atoms with Crippen LogP contribution in [0.3, 0.4) is 0 Å². The Labute approximate surface area is 110 Å². The highest BCUT2D eigenvalue weighted by Gasteiger charge is 2.30. The van der Waals surface area contributed by atoms with E-state index < -0.39 is 5.54 Å². The maximum absolute atomic E-state index is 13.1. The predicted octanol–water partition coefficient (Wildman–Crippen LogP) is -0.566. The Morgan fingerprint density at radius 3 is 2.58 bits per heavy atom. The zero-order chi connectivity index (χ0) is 13.9. The Kier molecular flexibility index (Phi) is 4.36. The summed E-state index contributed by atoms with van der Waals surface area (Å²) in [6.45, 7) is -0.797. The molecule has 1 heterocycles. The molecule has 4 N–H and O–H groups in total. The van der Waals surface area contributed by atoms with E-state index in [0.717, 1.165) is 5.56 Å². The van der Waals surface area contributed by atoms with Crippen LogP contribution < -0.4 is 10.1 Å². The van der Waals surface area contributed by atoms with Crippen molar-refractivity contribution in [1.82, 2.24) is 5.32 Å². The molecular formula is C13H18FNO4. The van der Waals surface area contributed by atoms with Crippen molar-refractivity contribution in [2.45, 2.75) is 18.1 Å². The highest BCUT2D eigenvalue weighted by Crippen LogP contribution is 2.29. The molecule has 0 fully saturated rings. The number of rotatable bonds is 6. The van der Waals surface area contributed by atoms with Crippen molar-refractivity contribution in [2.24, 2.45) is 0 Å². The molecule has 5 nitrogen and oxygen atoms in total. The minimum absolute atomic E-state index is 0.208. The number of hydrogen-bond donors (Lipinski definition) is 4. The number of aliphatic hydroxyl groups excluding tert-OH is 3. The molecular weight excluding hydrogens is 253 g/mol. The van der Waals surface area contributed by atoms with Gasteiger partial charge in [-0.15, -0.1) is 0 Å². The number of fused-ring (bicyclic) bond motifs is 1. The lowest BCUT2D eigenvalue weighted by atomic mass is 10.0. The summed E-state index contributed by atoms with van der Waals surface area (Å²) >= 11 is 0. The van der Waals surface area contributed by atoms with Crippen molar-refractivity contribution in [3.63, 3.8) is 0 Å². The quantitative estimate of drug-likeness (QED) is 0.557. The van der Waals surface area contributed by atoms with Crippen molar-refractivity contribution in [3.8, 4) is 5.75 Å². The Hall–Kier alpha value is -1.21. The van der Waals surface area contributed by atoms with Crippen molar-refractivity contribution in [3.05, 3.63) is 29.6 Å². The van der Waals surface area contributed by atoms with Crippen LogP contribution in [0.25, 0.3) is 0 Å². The van der Waals surface area contributed by atoms with E-state index in [2.05, 4.69) is 5.32 Å². The van der Waals surface area contributed by atoms with E-state index >= 15 is 0 Å². The van der Waals surface area contributed by atoms with Gasteiger partial charge < -0.3 is 25.4 Å². The average Bonchev–Trinajstić information content (AvgIpc) is 2.83. The second-order valence-corrected chi connectivity index (χ2v) is 4.83. The lowest BCUT2D eigenvalue weighted by Crippen LogP contribution is -2.57. The van der Waals surface area contributed by atoms with Crippen molar-refractivity contribution in [2.75, 3.05) is 26.4 Å². The zero-order valence-electron chi connectivity index (χ0n) is 10.5. The maximum atomic E-state index is 13.1. The molecule has 0 bridgehead atoms. The maximum Gasteiger partial charge on any atom is 0.123 e. The van der Waals surface area contributed by atoms with E-state index in [1.165, 1.54) is 12.1 Å². The third kappa shape index (κ3) is 3.03. The number of benzene rings is 1. The highest BCUT2D eigenvalue weighted by molar-refractivity contribution is 5.37. The minimum atomic E-state index is -1.12. The van der Waals surface area contributed by atoms with Gasteiger partial charge in [-0.3, -0.25) is 0 Å². The van der Waals surface area contributed by atoms with Gasteiger partial charge in [-0.05, 0) is 18.2 Å². The van der Waals surface area contributed by atoms with Crippen LogP contribution in [0.2, 0.25) is 0 Å². The van der Waals surface area contributed by atoms with Gasteiger partial charge in [0.1, 0.15) is 17.7 Å². The molecule has 19 heavy (non-hydrogen) atoms. The van der Waals surface area contributed by atoms with E-state index in [1.807, 2.05) is 0 Å². The fourth-order valence-corrected chi connectivity index (χ4v) is 2.05. The molecule has 2 rings (SSSR count). The molecule has 1 atom stereocenters. The van der Waals surface area contributed by atoms with Crippen molar-refractivity contribution >= 4 is 0 Å². The molecule has 1 unspecified atom stereocenters. The van der Waals surface area contributed by atoms with Crippen LogP contribution >= 0.6 is 0 Å². The monoisotopic (exact) mass is 271 g/mol. The first-order valence-corrected chi connectivity index (χ1v) is 6.15. The number of halogens is 1. The number of aliphatic hydroxyl groups is 3. The van der Waals surface area contributed by atoms with Crippen LogP contribution in [0.5, 0.6) is 5.75 Å². The third-order valence-corrected chi connectivity index (χ3v) is 3.38. The smallest absolute Gasteiger partial charge is 0.123 e. The van der Waals surface area contributed by atoms with Gasteiger partial charge in [0.15, 0.2) is 0 Å². The first-order chi connectivity index (χ1) is 9.12. The molecule has 0 aromatic heterocycles. The fraction of sp³-hybridized carbons (Fsp3) is 0.538. The van der Waals surface area contributed by atoms with Crippen molar-refractivity contribution < 1.29 is 24.4 Å². The van der Waals surface area contributed by atoms with E-state index in [0.29, 0.717) is 18.7 Å². The van der Waals surface area contributed by atoms with E-state index in [1.54, 1.807) is 6.07 Å². The highest BCUT2D eigenvalue weighted by atomic mass is 19.1. The SMILES string of the molecule is OCC(CO)(CO)NCC1Cc2cc(F)ccc2O1. The van der Waals surface area contributed by atoms with Crippen LogP contribution in [-0.4, -0.2) is 53.3 Å².